The minimum Gasteiger partial charge on any atom is -0.444 e. The number of amides is 2. The summed E-state index contributed by atoms with van der Waals surface area (Å²) in [6.45, 7) is 10.3. The van der Waals surface area contributed by atoms with Crippen molar-refractivity contribution >= 4 is 12.0 Å². The minimum absolute atomic E-state index is 0.0267. The number of aromatic nitrogens is 2. The fourth-order valence-corrected chi connectivity index (χ4v) is 3.77. The number of ether oxygens (including phenoxy) is 1. The molecule has 3 rings (SSSR count). The molecule has 2 amide bonds. The van der Waals surface area contributed by atoms with E-state index in [1.54, 1.807) is 9.58 Å². The predicted octanol–water partition coefficient (Wildman–Crippen LogP) is 2.59. The van der Waals surface area contributed by atoms with Gasteiger partial charge in [0.15, 0.2) is 0 Å². The Kier molecular flexibility index (Phi) is 4.99. The Morgan fingerprint density at radius 2 is 1.92 bits per heavy atom. The molecular formula is C19H30N4O3. The fraction of sp³-hybridized carbons (Fsp3) is 0.737. The maximum Gasteiger partial charge on any atom is 0.410 e. The molecule has 2 aliphatic heterocycles. The van der Waals surface area contributed by atoms with E-state index in [4.69, 9.17) is 4.74 Å². The lowest BCUT2D eigenvalue weighted by molar-refractivity contribution is 0.0221. The first-order valence-electron chi connectivity index (χ1n) is 9.47. The van der Waals surface area contributed by atoms with Gasteiger partial charge in [0.2, 0.25) is 0 Å². The van der Waals surface area contributed by atoms with Gasteiger partial charge in [-0.1, -0.05) is 6.92 Å². The number of hydrogen-bond acceptors (Lipinski definition) is 4. The average molecular weight is 362 g/mol. The van der Waals surface area contributed by atoms with Gasteiger partial charge in [-0.2, -0.15) is 5.10 Å². The van der Waals surface area contributed by atoms with Crippen molar-refractivity contribution in [1.29, 1.82) is 0 Å². The van der Waals surface area contributed by atoms with E-state index in [1.165, 1.54) is 6.42 Å². The normalized spacial score (nSPS) is 20.7. The highest BCUT2D eigenvalue weighted by molar-refractivity contribution is 5.94. The van der Waals surface area contributed by atoms with E-state index in [0.717, 1.165) is 30.8 Å². The summed E-state index contributed by atoms with van der Waals surface area (Å²) in [6.07, 6.45) is 2.51. The molecule has 7 nitrogen and oxygen atoms in total. The van der Waals surface area contributed by atoms with Gasteiger partial charge in [0.1, 0.15) is 11.3 Å². The average Bonchev–Trinajstić information content (AvgIpc) is 2.87. The van der Waals surface area contributed by atoms with Gasteiger partial charge in [0.25, 0.3) is 5.91 Å². The van der Waals surface area contributed by atoms with E-state index in [2.05, 4.69) is 12.0 Å². The molecule has 0 radical (unpaired) electrons. The van der Waals surface area contributed by atoms with Crippen molar-refractivity contribution in [3.8, 4) is 0 Å². The van der Waals surface area contributed by atoms with Crippen LogP contribution in [0.25, 0.3) is 0 Å². The Morgan fingerprint density at radius 1 is 1.19 bits per heavy atom. The minimum atomic E-state index is -0.533. The van der Waals surface area contributed by atoms with Crippen molar-refractivity contribution in [3.63, 3.8) is 0 Å². The second kappa shape index (κ2) is 6.93. The Balaban J connectivity index is 1.81. The molecule has 0 N–H and O–H groups in total. The molecule has 1 unspecified atom stereocenters. The first kappa shape index (κ1) is 18.7. The lowest BCUT2D eigenvalue weighted by Gasteiger charge is -2.32. The first-order chi connectivity index (χ1) is 12.2. The van der Waals surface area contributed by atoms with Crippen molar-refractivity contribution in [2.45, 2.75) is 59.1 Å². The predicted molar refractivity (Wildman–Crippen MR) is 97.9 cm³/mol. The Morgan fingerprint density at radius 3 is 2.58 bits per heavy atom. The van der Waals surface area contributed by atoms with Gasteiger partial charge in [-0.25, -0.2) is 4.79 Å². The summed E-state index contributed by atoms with van der Waals surface area (Å²) in [5.74, 6) is 0.550. The van der Waals surface area contributed by atoms with Gasteiger partial charge in [0.05, 0.1) is 12.2 Å². The largest absolute Gasteiger partial charge is 0.444 e. The lowest BCUT2D eigenvalue weighted by Crippen LogP contribution is -2.42. The highest BCUT2D eigenvalue weighted by Gasteiger charge is 2.33. The summed E-state index contributed by atoms with van der Waals surface area (Å²) in [4.78, 5) is 29.2. The molecule has 1 aromatic rings. The van der Waals surface area contributed by atoms with Crippen molar-refractivity contribution in [2.24, 2.45) is 13.0 Å². The quantitative estimate of drug-likeness (QED) is 0.770. The molecule has 2 aliphatic rings. The molecule has 0 saturated carbocycles. The number of fused-ring (bicyclic) bond motifs is 1. The molecule has 144 valence electrons. The SMILES string of the molecule is CC1CCCN(C(=O)c2c3c(nn2C)CCN(C(=O)OC(C)(C)C)C3)C1. The zero-order chi connectivity index (χ0) is 19.1. The Labute approximate surface area is 155 Å². The number of piperidine rings is 1. The lowest BCUT2D eigenvalue weighted by atomic mass is 9.99. The molecule has 0 spiro atoms. The third-order valence-corrected chi connectivity index (χ3v) is 4.99. The number of aryl methyl sites for hydroxylation is 1. The molecule has 26 heavy (non-hydrogen) atoms. The van der Waals surface area contributed by atoms with Crippen molar-refractivity contribution < 1.29 is 14.3 Å². The molecule has 0 bridgehead atoms. The van der Waals surface area contributed by atoms with Gasteiger partial charge in [0, 0.05) is 38.7 Å². The van der Waals surface area contributed by atoms with Gasteiger partial charge < -0.3 is 14.5 Å². The van der Waals surface area contributed by atoms with Crippen molar-refractivity contribution in [1.82, 2.24) is 19.6 Å². The van der Waals surface area contributed by atoms with Gasteiger partial charge in [-0.15, -0.1) is 0 Å². The molecule has 1 saturated heterocycles. The van der Waals surface area contributed by atoms with Gasteiger partial charge >= 0.3 is 6.09 Å². The van der Waals surface area contributed by atoms with E-state index in [9.17, 15) is 9.59 Å². The number of nitrogens with zero attached hydrogens (tertiary/aromatic N) is 4. The van der Waals surface area contributed by atoms with Crippen LogP contribution in [0.3, 0.4) is 0 Å². The van der Waals surface area contributed by atoms with E-state index < -0.39 is 5.60 Å². The molecule has 1 aromatic heterocycles. The van der Waals surface area contributed by atoms with Crippen LogP contribution in [0, 0.1) is 5.92 Å². The number of likely N-dealkylation sites (tertiary alicyclic amines) is 1. The molecular weight excluding hydrogens is 332 g/mol. The van der Waals surface area contributed by atoms with Crippen LogP contribution < -0.4 is 0 Å². The van der Waals surface area contributed by atoms with Crippen LogP contribution in [-0.4, -0.2) is 56.8 Å². The maximum absolute atomic E-state index is 13.1. The molecule has 7 heteroatoms. The van der Waals surface area contributed by atoms with Crippen LogP contribution in [0.5, 0.6) is 0 Å². The number of rotatable bonds is 1. The van der Waals surface area contributed by atoms with Crippen LogP contribution in [0.4, 0.5) is 4.79 Å². The van der Waals surface area contributed by atoms with Crippen LogP contribution >= 0.6 is 0 Å². The summed E-state index contributed by atoms with van der Waals surface area (Å²) < 4.78 is 7.18. The number of carbonyl (C=O) groups is 2. The summed E-state index contributed by atoms with van der Waals surface area (Å²) in [5, 5.41) is 4.54. The molecule has 0 aromatic carbocycles. The Bertz CT molecular complexity index is 704. The first-order valence-corrected chi connectivity index (χ1v) is 9.47. The van der Waals surface area contributed by atoms with Crippen molar-refractivity contribution in [2.75, 3.05) is 19.6 Å². The topological polar surface area (TPSA) is 67.7 Å². The smallest absolute Gasteiger partial charge is 0.410 e. The summed E-state index contributed by atoms with van der Waals surface area (Å²) in [6, 6.07) is 0. The second-order valence-electron chi connectivity index (χ2n) is 8.55. The van der Waals surface area contributed by atoms with Gasteiger partial charge in [-0.05, 0) is 39.5 Å². The summed E-state index contributed by atoms with van der Waals surface area (Å²) in [7, 11) is 1.82. The van der Waals surface area contributed by atoms with E-state index in [-0.39, 0.29) is 12.0 Å². The number of carbonyl (C=O) groups excluding carboxylic acids is 2. The van der Waals surface area contributed by atoms with Crippen LogP contribution in [-0.2, 0) is 24.8 Å². The Hall–Kier alpha value is -2.05. The van der Waals surface area contributed by atoms with Crippen LogP contribution in [0.15, 0.2) is 0 Å². The molecule has 1 fully saturated rings. The highest BCUT2D eigenvalue weighted by Crippen LogP contribution is 2.26. The van der Waals surface area contributed by atoms with E-state index in [1.807, 2.05) is 32.7 Å². The summed E-state index contributed by atoms with van der Waals surface area (Å²) >= 11 is 0. The third-order valence-electron chi connectivity index (χ3n) is 4.99. The third kappa shape index (κ3) is 3.86. The highest BCUT2D eigenvalue weighted by atomic mass is 16.6. The maximum atomic E-state index is 13.1. The van der Waals surface area contributed by atoms with Gasteiger partial charge in [-0.3, -0.25) is 9.48 Å². The number of hydrogen-bond donors (Lipinski definition) is 0. The van der Waals surface area contributed by atoms with Crippen LogP contribution in [0.2, 0.25) is 0 Å². The summed E-state index contributed by atoms with van der Waals surface area (Å²) in [5.41, 5.74) is 1.87. The molecule has 3 heterocycles. The van der Waals surface area contributed by atoms with E-state index >= 15 is 0 Å². The van der Waals surface area contributed by atoms with Crippen molar-refractivity contribution in [3.05, 3.63) is 17.0 Å². The second-order valence-corrected chi connectivity index (χ2v) is 8.55. The van der Waals surface area contributed by atoms with E-state index in [0.29, 0.717) is 31.1 Å². The van der Waals surface area contributed by atoms with Crippen LogP contribution in [0.1, 0.15) is 62.3 Å². The monoisotopic (exact) mass is 362 g/mol. The zero-order valence-corrected chi connectivity index (χ0v) is 16.5. The molecule has 1 atom stereocenters. The zero-order valence-electron chi connectivity index (χ0n) is 16.5. The standard InChI is InChI=1S/C19H30N4O3/c1-13-7-6-9-22(11-13)17(24)16-14-12-23(18(25)26-19(2,3)4)10-8-15(14)20-21(16)5/h13H,6-12H2,1-5H3. The molecule has 0 aliphatic carbocycles. The fourth-order valence-electron chi connectivity index (χ4n) is 3.77.